The first-order valence-corrected chi connectivity index (χ1v) is 8.06. The van der Waals surface area contributed by atoms with Gasteiger partial charge < -0.3 is 9.52 Å². The molecule has 6 nitrogen and oxygen atoms in total. The number of hydrogen-bond acceptors (Lipinski definition) is 5. The Balaban J connectivity index is 2.31. The lowest BCUT2D eigenvalue weighted by Gasteiger charge is -2.11. The highest BCUT2D eigenvalue weighted by molar-refractivity contribution is 6.12. The zero-order valence-corrected chi connectivity index (χ0v) is 15.2. The zero-order chi connectivity index (χ0) is 19.3. The number of nitriles is 1. The predicted molar refractivity (Wildman–Crippen MR) is 96.7 cm³/mol. The standard InChI is InChI=1S/C20H18N2O4/c1-9-6-13-12(4)18(26-15(13)7-10(9)2)17(23)16-11(3)14(8-21)19(24)22(5)20(16)25/h6-7,25H,1-5H3. The van der Waals surface area contributed by atoms with Crippen LogP contribution in [0.1, 0.15) is 43.9 Å². The molecule has 26 heavy (non-hydrogen) atoms. The largest absolute Gasteiger partial charge is 0.494 e. The van der Waals surface area contributed by atoms with Crippen LogP contribution < -0.4 is 5.56 Å². The fourth-order valence-corrected chi connectivity index (χ4v) is 3.09. The van der Waals surface area contributed by atoms with Gasteiger partial charge in [0.05, 0.1) is 5.56 Å². The topological polar surface area (TPSA) is 96.2 Å². The number of fused-ring (bicyclic) bond motifs is 1. The number of ketones is 1. The van der Waals surface area contributed by atoms with Crippen molar-refractivity contribution < 1.29 is 14.3 Å². The minimum atomic E-state index is -0.647. The number of furan rings is 1. The summed E-state index contributed by atoms with van der Waals surface area (Å²) in [5, 5.41) is 20.4. The van der Waals surface area contributed by atoms with Gasteiger partial charge in [-0.2, -0.15) is 5.26 Å². The molecule has 2 aromatic heterocycles. The van der Waals surface area contributed by atoms with Crippen molar-refractivity contribution in [1.82, 2.24) is 4.57 Å². The van der Waals surface area contributed by atoms with E-state index in [1.807, 2.05) is 32.0 Å². The molecule has 0 aliphatic carbocycles. The molecule has 132 valence electrons. The van der Waals surface area contributed by atoms with E-state index in [1.54, 1.807) is 6.92 Å². The van der Waals surface area contributed by atoms with Gasteiger partial charge >= 0.3 is 0 Å². The second kappa shape index (κ2) is 5.88. The Morgan fingerprint density at radius 2 is 1.77 bits per heavy atom. The number of hydrogen-bond donors (Lipinski definition) is 1. The smallest absolute Gasteiger partial charge is 0.271 e. The van der Waals surface area contributed by atoms with Crippen LogP contribution in [0.2, 0.25) is 0 Å². The Morgan fingerprint density at radius 3 is 2.38 bits per heavy atom. The van der Waals surface area contributed by atoms with Crippen molar-refractivity contribution in [2.45, 2.75) is 27.7 Å². The maximum Gasteiger partial charge on any atom is 0.271 e. The van der Waals surface area contributed by atoms with Crippen molar-refractivity contribution >= 4 is 16.8 Å². The summed E-state index contributed by atoms with van der Waals surface area (Å²) in [5.74, 6) is -0.953. The molecule has 0 aliphatic heterocycles. The van der Waals surface area contributed by atoms with E-state index in [4.69, 9.17) is 4.42 Å². The van der Waals surface area contributed by atoms with Crippen LogP contribution in [0.5, 0.6) is 5.88 Å². The molecular formula is C20H18N2O4. The van der Waals surface area contributed by atoms with Crippen molar-refractivity contribution in [3.63, 3.8) is 0 Å². The van der Waals surface area contributed by atoms with Crippen molar-refractivity contribution in [1.29, 1.82) is 5.26 Å². The minimum absolute atomic E-state index is 0.0888. The molecule has 2 heterocycles. The Kier molecular flexibility index (Phi) is 3.96. The van der Waals surface area contributed by atoms with E-state index in [-0.39, 0.29) is 22.5 Å². The summed E-state index contributed by atoms with van der Waals surface area (Å²) < 4.78 is 6.67. The van der Waals surface area contributed by atoms with Crippen LogP contribution in [0.3, 0.4) is 0 Å². The first-order chi connectivity index (χ1) is 12.2. The summed E-state index contributed by atoms with van der Waals surface area (Å²) in [7, 11) is 1.31. The van der Waals surface area contributed by atoms with Crippen LogP contribution in [-0.4, -0.2) is 15.5 Å². The lowest BCUT2D eigenvalue weighted by Crippen LogP contribution is -2.24. The number of rotatable bonds is 2. The number of benzene rings is 1. The van der Waals surface area contributed by atoms with Gasteiger partial charge in [0.15, 0.2) is 5.76 Å². The van der Waals surface area contributed by atoms with Crippen molar-refractivity contribution in [3.05, 3.63) is 61.6 Å². The van der Waals surface area contributed by atoms with Gasteiger partial charge in [-0.15, -0.1) is 0 Å². The molecule has 0 saturated carbocycles. The molecule has 3 rings (SSSR count). The van der Waals surface area contributed by atoms with Gasteiger partial charge in [0, 0.05) is 18.0 Å². The Bertz CT molecular complexity index is 1190. The number of aryl methyl sites for hydroxylation is 3. The molecule has 3 aromatic rings. The third-order valence-corrected chi connectivity index (χ3v) is 4.91. The number of aromatic hydroxyl groups is 1. The number of nitrogens with zero attached hydrogens (tertiary/aromatic N) is 2. The molecule has 0 atom stereocenters. The average Bonchev–Trinajstić information content (AvgIpc) is 2.90. The van der Waals surface area contributed by atoms with Gasteiger partial charge in [-0.1, -0.05) is 0 Å². The van der Waals surface area contributed by atoms with Crippen LogP contribution in [0.25, 0.3) is 11.0 Å². The highest BCUT2D eigenvalue weighted by Gasteiger charge is 2.27. The lowest BCUT2D eigenvalue weighted by atomic mass is 9.98. The molecule has 6 heteroatoms. The average molecular weight is 350 g/mol. The molecule has 0 aliphatic rings. The van der Waals surface area contributed by atoms with E-state index in [0.29, 0.717) is 11.1 Å². The summed E-state index contributed by atoms with van der Waals surface area (Å²) in [4.78, 5) is 25.2. The molecule has 0 fully saturated rings. The van der Waals surface area contributed by atoms with Crippen molar-refractivity contribution in [3.8, 4) is 11.9 Å². The Hall–Kier alpha value is -3.33. The molecule has 0 bridgehead atoms. The second-order valence-electron chi connectivity index (χ2n) is 6.49. The van der Waals surface area contributed by atoms with E-state index in [2.05, 4.69) is 0 Å². The predicted octanol–water partition coefficient (Wildman–Crippen LogP) is 3.17. The molecule has 0 spiro atoms. The fraction of sp³-hybridized carbons (Fsp3) is 0.250. The first kappa shape index (κ1) is 17.5. The third-order valence-electron chi connectivity index (χ3n) is 4.91. The molecule has 0 unspecified atom stereocenters. The van der Waals surface area contributed by atoms with Crippen molar-refractivity contribution in [2.75, 3.05) is 0 Å². The Morgan fingerprint density at radius 1 is 1.15 bits per heavy atom. The minimum Gasteiger partial charge on any atom is -0.494 e. The fourth-order valence-electron chi connectivity index (χ4n) is 3.09. The summed E-state index contributed by atoms with van der Waals surface area (Å²) >= 11 is 0. The van der Waals surface area contributed by atoms with Crippen LogP contribution in [0.4, 0.5) is 0 Å². The molecule has 0 amide bonds. The summed E-state index contributed by atoms with van der Waals surface area (Å²) in [6.45, 7) is 7.17. The number of aromatic nitrogens is 1. The highest BCUT2D eigenvalue weighted by Crippen LogP contribution is 2.32. The monoisotopic (exact) mass is 350 g/mol. The molecule has 0 saturated heterocycles. The van der Waals surface area contributed by atoms with Gasteiger partial charge in [-0.25, -0.2) is 0 Å². The molecule has 1 N–H and O–H groups in total. The zero-order valence-electron chi connectivity index (χ0n) is 15.2. The van der Waals surface area contributed by atoms with E-state index in [0.717, 1.165) is 21.1 Å². The van der Waals surface area contributed by atoms with Crippen molar-refractivity contribution in [2.24, 2.45) is 7.05 Å². The molecular weight excluding hydrogens is 332 g/mol. The van der Waals surface area contributed by atoms with Crippen LogP contribution in [0, 0.1) is 39.0 Å². The van der Waals surface area contributed by atoms with E-state index in [1.165, 1.54) is 14.0 Å². The first-order valence-electron chi connectivity index (χ1n) is 8.06. The van der Waals surface area contributed by atoms with Gasteiger partial charge in [-0.05, 0) is 56.5 Å². The number of carbonyl (C=O) groups excluding carboxylic acids is 1. The summed E-state index contributed by atoms with van der Waals surface area (Å²) in [5.41, 5.74) is 2.58. The maximum absolute atomic E-state index is 13.1. The third kappa shape index (κ3) is 2.32. The summed E-state index contributed by atoms with van der Waals surface area (Å²) in [6.07, 6.45) is 0. The highest BCUT2D eigenvalue weighted by atomic mass is 16.3. The normalized spacial score (nSPS) is 10.9. The molecule has 1 aromatic carbocycles. The van der Waals surface area contributed by atoms with Gasteiger partial charge in [0.2, 0.25) is 11.7 Å². The number of pyridine rings is 1. The lowest BCUT2D eigenvalue weighted by molar-refractivity contribution is 0.101. The van der Waals surface area contributed by atoms with Crippen LogP contribution >= 0.6 is 0 Å². The van der Waals surface area contributed by atoms with Crippen LogP contribution in [0.15, 0.2) is 21.3 Å². The van der Waals surface area contributed by atoms with Gasteiger partial charge in [0.1, 0.15) is 17.2 Å². The summed E-state index contributed by atoms with van der Waals surface area (Å²) in [6, 6.07) is 5.62. The van der Waals surface area contributed by atoms with E-state index >= 15 is 0 Å². The maximum atomic E-state index is 13.1. The van der Waals surface area contributed by atoms with E-state index < -0.39 is 17.2 Å². The Labute approximate surface area is 149 Å². The van der Waals surface area contributed by atoms with Crippen LogP contribution in [-0.2, 0) is 7.05 Å². The SMILES string of the molecule is Cc1cc2oc(C(=O)c3c(C)c(C#N)c(=O)n(C)c3O)c(C)c2cc1C. The number of carbonyl (C=O) groups is 1. The van der Waals surface area contributed by atoms with Gasteiger partial charge in [-0.3, -0.25) is 14.2 Å². The van der Waals surface area contributed by atoms with Gasteiger partial charge in [0.25, 0.3) is 5.56 Å². The van der Waals surface area contributed by atoms with E-state index in [9.17, 15) is 20.0 Å². The molecule has 0 radical (unpaired) electrons. The second-order valence-corrected chi connectivity index (χ2v) is 6.49. The quantitative estimate of drug-likeness (QED) is 0.716.